The molecule has 0 amide bonds. The number of hydrogen-bond donors (Lipinski definition) is 0. The van der Waals surface area contributed by atoms with Gasteiger partial charge in [0, 0.05) is 37.2 Å². The van der Waals surface area contributed by atoms with Crippen molar-refractivity contribution in [2.24, 2.45) is 0 Å². The molecule has 31 heavy (non-hydrogen) atoms. The Hall–Kier alpha value is -1.87. The van der Waals surface area contributed by atoms with Gasteiger partial charge in [0.25, 0.3) is 0 Å². The summed E-state index contributed by atoms with van der Waals surface area (Å²) in [6, 6.07) is 16.6. The van der Waals surface area contributed by atoms with E-state index in [9.17, 15) is 0 Å². The molecule has 0 bridgehead atoms. The SMILES string of the molecule is CCC(CCCN1CCN(CCOc2cccc(Br)c2)CC1)c1ccc(C#N)c(C)c1. The maximum atomic E-state index is 9.15. The highest BCUT2D eigenvalue weighted by atomic mass is 79.9. The maximum Gasteiger partial charge on any atom is 0.120 e. The quantitative estimate of drug-likeness (QED) is 0.440. The first-order chi connectivity index (χ1) is 15.1. The van der Waals surface area contributed by atoms with Crippen molar-refractivity contribution in [3.63, 3.8) is 0 Å². The average molecular weight is 484 g/mol. The average Bonchev–Trinajstić information content (AvgIpc) is 2.78. The fourth-order valence-corrected chi connectivity index (χ4v) is 4.70. The number of ether oxygens (including phenoxy) is 1. The smallest absolute Gasteiger partial charge is 0.120 e. The van der Waals surface area contributed by atoms with Gasteiger partial charge in [-0.2, -0.15) is 5.26 Å². The first-order valence-corrected chi connectivity index (χ1v) is 12.2. The molecular formula is C26H34BrN3O. The highest BCUT2D eigenvalue weighted by Crippen LogP contribution is 2.26. The highest BCUT2D eigenvalue weighted by molar-refractivity contribution is 9.10. The number of aryl methyl sites for hydroxylation is 1. The minimum Gasteiger partial charge on any atom is -0.492 e. The standard InChI is InChI=1S/C26H34BrN3O/c1-3-22(23-9-10-24(20-28)21(2)18-23)6-5-11-29-12-14-30(15-13-29)16-17-31-26-8-4-7-25(27)19-26/h4,7-10,18-19,22H,3,5-6,11-17H2,1-2H3. The van der Waals surface area contributed by atoms with Crippen LogP contribution in [0.25, 0.3) is 0 Å². The minimum atomic E-state index is 0.586. The van der Waals surface area contributed by atoms with Crippen molar-refractivity contribution in [1.29, 1.82) is 5.26 Å². The van der Waals surface area contributed by atoms with Gasteiger partial charge in [-0.25, -0.2) is 0 Å². The highest BCUT2D eigenvalue weighted by Gasteiger charge is 2.17. The maximum absolute atomic E-state index is 9.15. The molecule has 2 aromatic carbocycles. The summed E-state index contributed by atoms with van der Waals surface area (Å²) >= 11 is 3.49. The summed E-state index contributed by atoms with van der Waals surface area (Å²) in [4.78, 5) is 5.10. The van der Waals surface area contributed by atoms with E-state index in [1.165, 1.54) is 24.9 Å². The topological polar surface area (TPSA) is 39.5 Å². The number of nitriles is 1. The van der Waals surface area contributed by atoms with Crippen LogP contribution in [0.15, 0.2) is 46.9 Å². The van der Waals surface area contributed by atoms with Crippen molar-refractivity contribution in [2.45, 2.75) is 39.0 Å². The summed E-state index contributed by atoms with van der Waals surface area (Å²) < 4.78 is 6.94. The van der Waals surface area contributed by atoms with Crippen LogP contribution in [0.3, 0.4) is 0 Å². The van der Waals surface area contributed by atoms with Crippen LogP contribution < -0.4 is 4.74 Å². The molecule has 1 aliphatic heterocycles. The number of halogens is 1. The van der Waals surface area contributed by atoms with E-state index in [2.05, 4.69) is 50.9 Å². The number of piperazine rings is 1. The number of benzene rings is 2. The lowest BCUT2D eigenvalue weighted by atomic mass is 9.90. The van der Waals surface area contributed by atoms with Gasteiger partial charge in [0.2, 0.25) is 0 Å². The molecule has 0 radical (unpaired) electrons. The first kappa shape index (κ1) is 23.8. The number of rotatable bonds is 10. The van der Waals surface area contributed by atoms with Gasteiger partial charge in [-0.15, -0.1) is 0 Å². The third-order valence-corrected chi connectivity index (χ3v) is 6.79. The molecule has 1 fully saturated rings. The Morgan fingerprint density at radius 1 is 1.06 bits per heavy atom. The van der Waals surface area contributed by atoms with Crippen LogP contribution in [0, 0.1) is 18.3 Å². The Kier molecular flexibility index (Phi) is 9.39. The van der Waals surface area contributed by atoms with Crippen LogP contribution in [-0.4, -0.2) is 55.7 Å². The molecule has 3 rings (SSSR count). The predicted octanol–water partition coefficient (Wildman–Crippen LogP) is 5.60. The van der Waals surface area contributed by atoms with Gasteiger partial charge in [0.15, 0.2) is 0 Å². The third kappa shape index (κ3) is 7.35. The Balaban J connectivity index is 1.34. The molecule has 1 heterocycles. The molecule has 0 spiro atoms. The van der Waals surface area contributed by atoms with Gasteiger partial charge < -0.3 is 9.64 Å². The number of hydrogen-bond acceptors (Lipinski definition) is 4. The predicted molar refractivity (Wildman–Crippen MR) is 131 cm³/mol. The Bertz CT molecular complexity index is 871. The molecule has 166 valence electrons. The zero-order valence-electron chi connectivity index (χ0n) is 18.8. The zero-order chi connectivity index (χ0) is 22.1. The van der Waals surface area contributed by atoms with E-state index in [1.54, 1.807) is 0 Å². The van der Waals surface area contributed by atoms with Crippen LogP contribution in [0.4, 0.5) is 0 Å². The van der Waals surface area contributed by atoms with E-state index in [1.807, 2.05) is 37.3 Å². The van der Waals surface area contributed by atoms with Crippen molar-refractivity contribution in [3.05, 3.63) is 63.6 Å². The molecule has 1 atom stereocenters. The lowest BCUT2D eigenvalue weighted by Crippen LogP contribution is -2.47. The van der Waals surface area contributed by atoms with Gasteiger partial charge in [-0.3, -0.25) is 4.90 Å². The molecule has 1 saturated heterocycles. The van der Waals surface area contributed by atoms with Crippen LogP contribution in [-0.2, 0) is 0 Å². The van der Waals surface area contributed by atoms with Crippen LogP contribution in [0.5, 0.6) is 5.75 Å². The monoisotopic (exact) mass is 483 g/mol. The molecule has 0 aromatic heterocycles. The second-order valence-electron chi connectivity index (χ2n) is 8.42. The van der Waals surface area contributed by atoms with E-state index < -0.39 is 0 Å². The van der Waals surface area contributed by atoms with E-state index in [4.69, 9.17) is 10.00 Å². The molecule has 0 aliphatic carbocycles. The van der Waals surface area contributed by atoms with E-state index >= 15 is 0 Å². The Labute approximate surface area is 195 Å². The summed E-state index contributed by atoms with van der Waals surface area (Å²) in [6.45, 7) is 11.7. The van der Waals surface area contributed by atoms with Gasteiger partial charge in [-0.1, -0.05) is 41.1 Å². The van der Waals surface area contributed by atoms with Crippen LogP contribution in [0.2, 0.25) is 0 Å². The molecule has 1 aliphatic rings. The van der Waals surface area contributed by atoms with Crippen molar-refractivity contribution in [3.8, 4) is 11.8 Å². The minimum absolute atomic E-state index is 0.586. The molecular weight excluding hydrogens is 450 g/mol. The van der Waals surface area contributed by atoms with Crippen molar-refractivity contribution < 1.29 is 4.74 Å². The van der Waals surface area contributed by atoms with Gasteiger partial charge >= 0.3 is 0 Å². The van der Waals surface area contributed by atoms with E-state index in [-0.39, 0.29) is 0 Å². The molecule has 2 aromatic rings. The van der Waals surface area contributed by atoms with Crippen molar-refractivity contribution >= 4 is 15.9 Å². The Morgan fingerprint density at radius 2 is 1.81 bits per heavy atom. The summed E-state index contributed by atoms with van der Waals surface area (Å²) in [7, 11) is 0. The Morgan fingerprint density at radius 3 is 2.45 bits per heavy atom. The van der Waals surface area contributed by atoms with Crippen molar-refractivity contribution in [1.82, 2.24) is 9.80 Å². The van der Waals surface area contributed by atoms with Gasteiger partial charge in [0.1, 0.15) is 12.4 Å². The second-order valence-corrected chi connectivity index (χ2v) is 9.34. The fraction of sp³-hybridized carbons (Fsp3) is 0.500. The van der Waals surface area contributed by atoms with E-state index in [0.29, 0.717) is 5.92 Å². The molecule has 1 unspecified atom stereocenters. The first-order valence-electron chi connectivity index (χ1n) is 11.4. The number of nitrogens with zero attached hydrogens (tertiary/aromatic N) is 3. The lowest BCUT2D eigenvalue weighted by Gasteiger charge is -2.34. The van der Waals surface area contributed by atoms with Gasteiger partial charge in [-0.05, 0) is 74.0 Å². The summed E-state index contributed by atoms with van der Waals surface area (Å²) in [5.74, 6) is 1.51. The van der Waals surface area contributed by atoms with Crippen LogP contribution in [0.1, 0.15) is 48.8 Å². The molecule has 0 saturated carbocycles. The summed E-state index contributed by atoms with van der Waals surface area (Å²) in [6.07, 6.45) is 3.59. The summed E-state index contributed by atoms with van der Waals surface area (Å²) in [5, 5.41) is 9.15. The zero-order valence-corrected chi connectivity index (χ0v) is 20.4. The lowest BCUT2D eigenvalue weighted by molar-refractivity contribution is 0.115. The largest absolute Gasteiger partial charge is 0.492 e. The summed E-state index contributed by atoms with van der Waals surface area (Å²) in [5.41, 5.74) is 3.27. The molecule has 0 N–H and O–H groups in total. The van der Waals surface area contributed by atoms with Gasteiger partial charge in [0.05, 0.1) is 11.6 Å². The molecule has 5 heteroatoms. The normalized spacial score (nSPS) is 16.1. The fourth-order valence-electron chi connectivity index (χ4n) is 4.32. The second kappa shape index (κ2) is 12.2. The van der Waals surface area contributed by atoms with E-state index in [0.717, 1.165) is 67.1 Å². The van der Waals surface area contributed by atoms with Crippen LogP contribution >= 0.6 is 15.9 Å². The third-order valence-electron chi connectivity index (χ3n) is 6.30. The molecule has 4 nitrogen and oxygen atoms in total. The van der Waals surface area contributed by atoms with Crippen molar-refractivity contribution in [2.75, 3.05) is 45.9 Å².